The molecule has 3 rings (SSSR count). The van der Waals surface area contributed by atoms with Gasteiger partial charge in [0, 0.05) is 5.92 Å². The highest BCUT2D eigenvalue weighted by Gasteiger charge is 2.53. The van der Waals surface area contributed by atoms with Gasteiger partial charge in [0.2, 0.25) is 5.95 Å². The number of nitrogens with one attached hydrogen (secondary N) is 1. The molecule has 4 unspecified atom stereocenters. The maximum Gasteiger partial charge on any atom is 0.280 e. The number of hydrogen-bond acceptors (Lipinski definition) is 7. The van der Waals surface area contributed by atoms with Gasteiger partial charge in [0.15, 0.2) is 23.6 Å². The Bertz CT molecular complexity index is 762. The third-order valence-corrected chi connectivity index (χ3v) is 4.07. The number of rotatable bonds is 3. The van der Waals surface area contributed by atoms with Gasteiger partial charge in [0.25, 0.3) is 5.56 Å². The normalized spacial score (nSPS) is 31.9. The summed E-state index contributed by atoms with van der Waals surface area (Å²) in [6.07, 6.45) is -1.56. The number of imidazole rings is 1. The van der Waals surface area contributed by atoms with Crippen molar-refractivity contribution in [1.82, 2.24) is 19.5 Å². The van der Waals surface area contributed by atoms with Crippen LogP contribution in [0.25, 0.3) is 11.2 Å². The van der Waals surface area contributed by atoms with E-state index in [4.69, 9.17) is 10.5 Å². The second kappa shape index (κ2) is 5.00. The average molecular weight is 313 g/mol. The second-order valence-corrected chi connectivity index (χ2v) is 5.49. The topological polar surface area (TPSA) is 139 Å². The first-order chi connectivity index (χ1) is 10.4. The molecule has 0 saturated carbocycles. The van der Waals surface area contributed by atoms with Crippen molar-refractivity contribution < 1.29 is 19.3 Å². The number of halogens is 1. The first-order valence-corrected chi connectivity index (χ1v) is 6.67. The first kappa shape index (κ1) is 14.9. The van der Waals surface area contributed by atoms with Crippen LogP contribution in [0.5, 0.6) is 0 Å². The van der Waals surface area contributed by atoms with E-state index in [1.807, 2.05) is 0 Å². The molecule has 2 aromatic heterocycles. The van der Waals surface area contributed by atoms with Gasteiger partial charge in [-0.25, -0.2) is 9.37 Å². The molecule has 22 heavy (non-hydrogen) atoms. The lowest BCUT2D eigenvalue weighted by Gasteiger charge is -2.26. The van der Waals surface area contributed by atoms with Crippen molar-refractivity contribution in [3.63, 3.8) is 0 Å². The summed E-state index contributed by atoms with van der Waals surface area (Å²) in [4.78, 5) is 21.9. The van der Waals surface area contributed by atoms with E-state index in [2.05, 4.69) is 15.0 Å². The summed E-state index contributed by atoms with van der Waals surface area (Å²) in [5, 5.41) is 18.8. The Morgan fingerprint density at radius 3 is 2.91 bits per heavy atom. The third kappa shape index (κ3) is 1.99. The molecule has 1 aliphatic rings. The molecule has 10 heteroatoms. The van der Waals surface area contributed by atoms with E-state index in [0.29, 0.717) is 0 Å². The molecule has 0 bridgehead atoms. The van der Waals surface area contributed by atoms with Crippen molar-refractivity contribution in [2.75, 3.05) is 18.9 Å². The van der Waals surface area contributed by atoms with Gasteiger partial charge in [-0.15, -0.1) is 0 Å². The van der Waals surface area contributed by atoms with Crippen LogP contribution in [0.1, 0.15) is 13.2 Å². The van der Waals surface area contributed by atoms with Crippen LogP contribution < -0.4 is 11.3 Å². The molecule has 0 amide bonds. The zero-order valence-corrected chi connectivity index (χ0v) is 11.7. The molecule has 0 spiro atoms. The molecule has 120 valence electrons. The maximum atomic E-state index is 14.6. The van der Waals surface area contributed by atoms with E-state index in [-0.39, 0.29) is 17.1 Å². The monoisotopic (exact) mass is 313 g/mol. The molecule has 4 atom stereocenters. The van der Waals surface area contributed by atoms with Crippen LogP contribution >= 0.6 is 0 Å². The number of alkyl halides is 1. The predicted molar refractivity (Wildman–Crippen MR) is 73.6 cm³/mol. The molecule has 0 aromatic carbocycles. The van der Waals surface area contributed by atoms with Gasteiger partial charge in [-0.1, -0.05) is 0 Å². The fourth-order valence-electron chi connectivity index (χ4n) is 2.75. The molecule has 9 nitrogen and oxygen atoms in total. The largest absolute Gasteiger partial charge is 0.396 e. The summed E-state index contributed by atoms with van der Waals surface area (Å²) < 4.78 is 21.5. The van der Waals surface area contributed by atoms with Crippen LogP contribution in [0.2, 0.25) is 0 Å². The number of aromatic amines is 1. The molecule has 0 radical (unpaired) electrons. The minimum absolute atomic E-state index is 0.00292. The molecule has 0 aliphatic carbocycles. The van der Waals surface area contributed by atoms with E-state index in [9.17, 15) is 19.4 Å². The van der Waals surface area contributed by atoms with Crippen LogP contribution in [-0.4, -0.2) is 54.7 Å². The van der Waals surface area contributed by atoms with Crippen molar-refractivity contribution in [1.29, 1.82) is 0 Å². The molecular formula is C12H16FN5O4. The smallest absolute Gasteiger partial charge is 0.280 e. The van der Waals surface area contributed by atoms with Gasteiger partial charge in [-0.05, 0) is 6.92 Å². The van der Waals surface area contributed by atoms with Crippen molar-refractivity contribution in [2.45, 2.75) is 24.9 Å². The van der Waals surface area contributed by atoms with Gasteiger partial charge in [0.05, 0.1) is 25.1 Å². The van der Waals surface area contributed by atoms with Gasteiger partial charge in [-0.3, -0.25) is 14.3 Å². The number of ether oxygens (including phenoxy) is 1. The van der Waals surface area contributed by atoms with E-state index >= 15 is 0 Å². The standard InChI is InChI=1S/C12H16FN5O4/c1-12(3-20)5(2-19)6(13)10(22-12)18-4-15-7-8(18)16-11(14)17-9(7)21/h4-6,10,19-20H,2-3H2,1H3,(H3,14,16,17,21). The van der Waals surface area contributed by atoms with Crippen molar-refractivity contribution in [2.24, 2.45) is 5.92 Å². The first-order valence-electron chi connectivity index (χ1n) is 6.67. The van der Waals surface area contributed by atoms with E-state index < -0.39 is 42.7 Å². The number of aromatic nitrogens is 4. The van der Waals surface area contributed by atoms with Crippen molar-refractivity contribution in [3.05, 3.63) is 16.7 Å². The number of fused-ring (bicyclic) bond motifs is 1. The number of aliphatic hydroxyl groups is 2. The van der Waals surface area contributed by atoms with Crippen LogP contribution in [0.15, 0.2) is 11.1 Å². The third-order valence-electron chi connectivity index (χ3n) is 4.07. The Hall–Kier alpha value is -2.04. The second-order valence-electron chi connectivity index (χ2n) is 5.49. The predicted octanol–water partition coefficient (Wildman–Crippen LogP) is -1.07. The average Bonchev–Trinajstić information content (AvgIpc) is 2.99. The van der Waals surface area contributed by atoms with Gasteiger partial charge >= 0.3 is 0 Å². The van der Waals surface area contributed by atoms with Crippen LogP contribution in [0, 0.1) is 5.92 Å². The summed E-state index contributed by atoms with van der Waals surface area (Å²) in [5.74, 6) is -1.05. The molecule has 3 heterocycles. The van der Waals surface area contributed by atoms with E-state index in [1.54, 1.807) is 0 Å². The summed E-state index contributed by atoms with van der Waals surface area (Å²) in [7, 11) is 0. The summed E-state index contributed by atoms with van der Waals surface area (Å²) in [5.41, 5.74) is 3.79. The maximum absolute atomic E-state index is 14.6. The van der Waals surface area contributed by atoms with Gasteiger partial charge < -0.3 is 20.7 Å². The number of anilines is 1. The lowest BCUT2D eigenvalue weighted by atomic mass is 9.89. The number of nitrogen functional groups attached to an aromatic ring is 1. The fraction of sp³-hybridized carbons (Fsp3) is 0.583. The quantitative estimate of drug-likeness (QED) is 0.565. The van der Waals surface area contributed by atoms with Crippen molar-refractivity contribution in [3.8, 4) is 0 Å². The Morgan fingerprint density at radius 2 is 2.32 bits per heavy atom. The number of nitrogens with zero attached hydrogens (tertiary/aromatic N) is 3. The number of aliphatic hydroxyl groups excluding tert-OH is 2. The zero-order chi connectivity index (χ0) is 16.1. The zero-order valence-electron chi connectivity index (χ0n) is 11.7. The Kier molecular flexibility index (Phi) is 3.38. The highest BCUT2D eigenvalue weighted by Crippen LogP contribution is 2.43. The Morgan fingerprint density at radius 1 is 1.59 bits per heavy atom. The van der Waals surface area contributed by atoms with Crippen LogP contribution in [-0.2, 0) is 4.74 Å². The molecule has 1 fully saturated rings. The highest BCUT2D eigenvalue weighted by atomic mass is 19.1. The minimum atomic E-state index is -1.61. The number of nitrogens with two attached hydrogens (primary N) is 1. The SMILES string of the molecule is CC1(CO)OC(n2cnc3c(=O)[nH]c(N)nc32)C(F)C1CO. The van der Waals surface area contributed by atoms with E-state index in [1.165, 1.54) is 17.8 Å². The molecule has 1 saturated heterocycles. The fourth-order valence-corrected chi connectivity index (χ4v) is 2.75. The minimum Gasteiger partial charge on any atom is -0.396 e. The summed E-state index contributed by atoms with van der Waals surface area (Å²) >= 11 is 0. The lowest BCUT2D eigenvalue weighted by Crippen LogP contribution is -2.40. The molecule has 5 N–H and O–H groups in total. The molecular weight excluding hydrogens is 297 g/mol. The highest BCUT2D eigenvalue weighted by molar-refractivity contribution is 5.70. The Labute approximate surface area is 123 Å². The Balaban J connectivity index is 2.11. The van der Waals surface area contributed by atoms with Crippen LogP contribution in [0.3, 0.4) is 0 Å². The van der Waals surface area contributed by atoms with Gasteiger partial charge in [0.1, 0.15) is 0 Å². The van der Waals surface area contributed by atoms with E-state index in [0.717, 1.165) is 0 Å². The number of H-pyrrole nitrogens is 1. The molecule has 1 aliphatic heterocycles. The lowest BCUT2D eigenvalue weighted by molar-refractivity contribution is -0.105. The van der Waals surface area contributed by atoms with Crippen molar-refractivity contribution >= 4 is 17.1 Å². The van der Waals surface area contributed by atoms with Crippen LogP contribution in [0.4, 0.5) is 10.3 Å². The number of hydrogen-bond donors (Lipinski definition) is 4. The summed E-state index contributed by atoms with van der Waals surface area (Å²) in [6, 6.07) is 0. The molecule has 2 aromatic rings. The van der Waals surface area contributed by atoms with Gasteiger partial charge in [-0.2, -0.15) is 4.98 Å². The summed E-state index contributed by atoms with van der Waals surface area (Å²) in [6.45, 7) is 0.559.